The van der Waals surface area contributed by atoms with Crippen LogP contribution in [0.4, 0.5) is 5.82 Å². The fourth-order valence-corrected chi connectivity index (χ4v) is 3.74. The summed E-state index contributed by atoms with van der Waals surface area (Å²) in [6, 6.07) is 12.1. The number of hydrogen-bond donors (Lipinski definition) is 1. The molecule has 0 saturated carbocycles. The Hall–Kier alpha value is -2.71. The van der Waals surface area contributed by atoms with Gasteiger partial charge in [0.1, 0.15) is 10.8 Å². The van der Waals surface area contributed by atoms with Crippen LogP contribution in [0.25, 0.3) is 0 Å². The van der Waals surface area contributed by atoms with Crippen molar-refractivity contribution < 1.29 is 9.53 Å². The van der Waals surface area contributed by atoms with E-state index in [0.717, 1.165) is 11.1 Å². The van der Waals surface area contributed by atoms with E-state index in [2.05, 4.69) is 15.5 Å². The van der Waals surface area contributed by atoms with Crippen molar-refractivity contribution in [1.29, 1.82) is 0 Å². The Balaban J connectivity index is 1.38. The van der Waals surface area contributed by atoms with Crippen molar-refractivity contribution in [2.24, 2.45) is 0 Å². The van der Waals surface area contributed by atoms with E-state index in [1.54, 1.807) is 53.5 Å². The van der Waals surface area contributed by atoms with Crippen molar-refractivity contribution in [2.75, 3.05) is 5.32 Å². The van der Waals surface area contributed by atoms with Crippen LogP contribution in [0.3, 0.4) is 0 Å². The first-order chi connectivity index (χ1) is 15.8. The molecule has 0 unspecified atom stereocenters. The van der Waals surface area contributed by atoms with E-state index in [9.17, 15) is 4.79 Å². The predicted octanol–water partition coefficient (Wildman–Crippen LogP) is 6.34. The molecule has 4 aromatic rings. The van der Waals surface area contributed by atoms with E-state index in [1.807, 2.05) is 13.0 Å². The molecule has 11 heteroatoms. The summed E-state index contributed by atoms with van der Waals surface area (Å²) in [5.41, 5.74) is 1.91. The molecule has 1 amide bonds. The van der Waals surface area contributed by atoms with Crippen LogP contribution in [-0.2, 0) is 13.3 Å². The summed E-state index contributed by atoms with van der Waals surface area (Å²) in [6.45, 7) is 2.38. The Morgan fingerprint density at radius 3 is 2.55 bits per heavy atom. The maximum absolute atomic E-state index is 12.6. The van der Waals surface area contributed by atoms with Crippen molar-refractivity contribution >= 4 is 58.1 Å². The summed E-state index contributed by atoms with van der Waals surface area (Å²) < 4.78 is 8.77. The summed E-state index contributed by atoms with van der Waals surface area (Å²) in [5, 5.41) is 13.2. The average molecular weight is 525 g/mol. The highest BCUT2D eigenvalue weighted by atomic mass is 35.5. The second-order valence-electron chi connectivity index (χ2n) is 7.14. The standard InChI is InChI=1S/C22H17Cl4N5O2/c1-13-8-16(4-5-17(13)24)33-12-30-7-6-20(28-30)22(32)27-21-19(26)11-31(29-21)10-14-2-3-15(23)9-18(14)25/h2-9,11H,10,12H2,1H3,(H,27,29,32). The number of amides is 1. The van der Waals surface area contributed by atoms with E-state index >= 15 is 0 Å². The second kappa shape index (κ2) is 10.1. The first-order valence-electron chi connectivity index (χ1n) is 9.69. The van der Waals surface area contributed by atoms with Crippen LogP contribution in [-0.4, -0.2) is 25.5 Å². The molecule has 0 aliphatic heterocycles. The zero-order valence-corrected chi connectivity index (χ0v) is 20.3. The van der Waals surface area contributed by atoms with Crippen LogP contribution in [0.15, 0.2) is 54.9 Å². The lowest BCUT2D eigenvalue weighted by atomic mass is 10.2. The van der Waals surface area contributed by atoms with Gasteiger partial charge in [-0.25, -0.2) is 4.68 Å². The van der Waals surface area contributed by atoms with Gasteiger partial charge in [0, 0.05) is 27.5 Å². The molecular formula is C22H17Cl4N5O2. The number of aromatic nitrogens is 4. The van der Waals surface area contributed by atoms with E-state index in [0.29, 0.717) is 27.4 Å². The number of aryl methyl sites for hydroxylation is 1. The molecule has 7 nitrogen and oxygen atoms in total. The fourth-order valence-electron chi connectivity index (χ4n) is 2.96. The molecule has 1 N–H and O–H groups in total. The Bertz CT molecular complexity index is 1320. The third kappa shape index (κ3) is 5.81. The van der Waals surface area contributed by atoms with Crippen LogP contribution in [0, 0.1) is 6.92 Å². The van der Waals surface area contributed by atoms with Crippen molar-refractivity contribution in [3.05, 3.63) is 91.8 Å². The number of halogens is 4. The molecule has 0 aliphatic rings. The molecule has 2 heterocycles. The number of nitrogens with zero attached hydrogens (tertiary/aromatic N) is 4. The normalized spacial score (nSPS) is 10.9. The third-order valence-corrected chi connectivity index (χ3v) is 5.95. The monoisotopic (exact) mass is 523 g/mol. The number of ether oxygens (including phenoxy) is 1. The Morgan fingerprint density at radius 1 is 0.970 bits per heavy atom. The van der Waals surface area contributed by atoms with Gasteiger partial charge in [-0.3, -0.25) is 9.48 Å². The number of hydrogen-bond acceptors (Lipinski definition) is 4. The minimum absolute atomic E-state index is 0.131. The van der Waals surface area contributed by atoms with Gasteiger partial charge in [0.15, 0.2) is 18.2 Å². The van der Waals surface area contributed by atoms with Gasteiger partial charge in [-0.15, -0.1) is 0 Å². The molecule has 4 rings (SSSR count). The number of nitrogens with one attached hydrogen (secondary N) is 1. The summed E-state index contributed by atoms with van der Waals surface area (Å²) in [7, 11) is 0. The molecule has 2 aromatic carbocycles. The zero-order chi connectivity index (χ0) is 23.5. The number of carbonyl (C=O) groups excluding carboxylic acids is 1. The van der Waals surface area contributed by atoms with Crippen molar-refractivity contribution in [3.8, 4) is 5.75 Å². The van der Waals surface area contributed by atoms with Gasteiger partial charge < -0.3 is 10.1 Å². The van der Waals surface area contributed by atoms with Gasteiger partial charge in [0.25, 0.3) is 5.91 Å². The van der Waals surface area contributed by atoms with Gasteiger partial charge in [-0.1, -0.05) is 52.5 Å². The predicted molar refractivity (Wildman–Crippen MR) is 130 cm³/mol. The first kappa shape index (κ1) is 23.4. The van der Waals surface area contributed by atoms with Gasteiger partial charge in [0.05, 0.1) is 6.54 Å². The number of rotatable bonds is 7. The molecule has 0 atom stereocenters. The fraction of sp³-hybridized carbons (Fsp3) is 0.136. The molecule has 33 heavy (non-hydrogen) atoms. The number of carbonyl (C=O) groups is 1. The second-order valence-corrected chi connectivity index (χ2v) is 8.80. The van der Waals surface area contributed by atoms with Crippen LogP contribution in [0.1, 0.15) is 21.6 Å². The SMILES string of the molecule is Cc1cc(OCn2ccc(C(=O)Nc3nn(Cc4ccc(Cl)cc4Cl)cc3Cl)n2)ccc1Cl. The zero-order valence-electron chi connectivity index (χ0n) is 17.2. The molecule has 170 valence electrons. The maximum Gasteiger partial charge on any atom is 0.277 e. The molecule has 0 bridgehead atoms. The van der Waals surface area contributed by atoms with E-state index in [4.69, 9.17) is 51.1 Å². The van der Waals surface area contributed by atoms with Crippen molar-refractivity contribution in [1.82, 2.24) is 19.6 Å². The van der Waals surface area contributed by atoms with Crippen molar-refractivity contribution in [3.63, 3.8) is 0 Å². The largest absolute Gasteiger partial charge is 0.471 e. The molecule has 0 saturated heterocycles. The quantitative estimate of drug-likeness (QED) is 0.306. The first-order valence-corrected chi connectivity index (χ1v) is 11.2. The summed E-state index contributed by atoms with van der Waals surface area (Å²) >= 11 is 24.4. The van der Waals surface area contributed by atoms with E-state index in [1.165, 1.54) is 4.68 Å². The van der Waals surface area contributed by atoms with E-state index < -0.39 is 5.91 Å². The topological polar surface area (TPSA) is 74.0 Å². The van der Waals surface area contributed by atoms with Crippen LogP contribution >= 0.6 is 46.4 Å². The lowest BCUT2D eigenvalue weighted by molar-refractivity contribution is 0.101. The van der Waals surface area contributed by atoms with Gasteiger partial charge in [-0.2, -0.15) is 10.2 Å². The Kier molecular flexibility index (Phi) is 7.14. The highest BCUT2D eigenvalue weighted by Gasteiger charge is 2.15. The molecule has 2 aromatic heterocycles. The number of anilines is 1. The van der Waals surface area contributed by atoms with Gasteiger partial charge in [-0.05, 0) is 54.4 Å². The highest BCUT2D eigenvalue weighted by Crippen LogP contribution is 2.25. The number of benzene rings is 2. The highest BCUT2D eigenvalue weighted by molar-refractivity contribution is 6.35. The molecule has 0 radical (unpaired) electrons. The van der Waals surface area contributed by atoms with Crippen LogP contribution in [0.5, 0.6) is 5.75 Å². The minimum atomic E-state index is -0.451. The molecular weight excluding hydrogens is 508 g/mol. The molecule has 0 spiro atoms. The summed E-state index contributed by atoms with van der Waals surface area (Å²) in [4.78, 5) is 12.6. The summed E-state index contributed by atoms with van der Waals surface area (Å²) in [6.07, 6.45) is 3.24. The van der Waals surface area contributed by atoms with Crippen LogP contribution < -0.4 is 10.1 Å². The lowest BCUT2D eigenvalue weighted by Gasteiger charge is -2.07. The smallest absolute Gasteiger partial charge is 0.277 e. The Labute approximate surface area is 209 Å². The van der Waals surface area contributed by atoms with Crippen LogP contribution in [0.2, 0.25) is 20.1 Å². The summed E-state index contributed by atoms with van der Waals surface area (Å²) in [5.74, 6) is 0.415. The third-order valence-electron chi connectivity index (χ3n) is 4.66. The van der Waals surface area contributed by atoms with Gasteiger partial charge in [0.2, 0.25) is 0 Å². The maximum atomic E-state index is 12.6. The van der Waals surface area contributed by atoms with Gasteiger partial charge >= 0.3 is 0 Å². The molecule has 0 fully saturated rings. The molecule has 0 aliphatic carbocycles. The lowest BCUT2D eigenvalue weighted by Crippen LogP contribution is -2.15. The average Bonchev–Trinajstić information content (AvgIpc) is 3.38. The van der Waals surface area contributed by atoms with Crippen molar-refractivity contribution in [2.45, 2.75) is 20.2 Å². The minimum Gasteiger partial charge on any atom is -0.471 e. The van der Waals surface area contributed by atoms with E-state index in [-0.39, 0.29) is 23.3 Å². The Morgan fingerprint density at radius 2 is 1.79 bits per heavy atom.